The van der Waals surface area contributed by atoms with Gasteiger partial charge in [0.25, 0.3) is 0 Å². The van der Waals surface area contributed by atoms with Gasteiger partial charge in [-0.05, 0) is 20.8 Å². The van der Waals surface area contributed by atoms with Gasteiger partial charge in [0.2, 0.25) is 0 Å². The van der Waals surface area contributed by atoms with Gasteiger partial charge in [-0.15, -0.1) is 0 Å². The average molecular weight is 178 g/mol. The first-order chi connectivity index (χ1) is 4.63. The lowest BCUT2D eigenvalue weighted by atomic mass is 10.2. The van der Waals surface area contributed by atoms with Crippen LogP contribution in [0, 0.1) is 0 Å². The summed E-state index contributed by atoms with van der Waals surface area (Å²) in [4.78, 5) is 9.56. The predicted octanol–water partition coefficient (Wildman–Crippen LogP) is 2.90. The normalized spacial score (nSPS) is 16.6. The minimum Gasteiger partial charge on any atom is -0.350 e. The minimum atomic E-state index is -1.31. The summed E-state index contributed by atoms with van der Waals surface area (Å²) >= 11 is 0. The summed E-state index contributed by atoms with van der Waals surface area (Å²) in [7, 11) is -1.31. The Morgan fingerprint density at radius 2 is 1.36 bits per heavy atom. The summed E-state index contributed by atoms with van der Waals surface area (Å²) in [5, 5.41) is -0.136. The lowest BCUT2D eigenvalue weighted by Crippen LogP contribution is -2.22. The third-order valence-corrected chi connectivity index (χ3v) is 2.80. The minimum absolute atomic E-state index is 0.136. The molecule has 3 heteroatoms. The molecule has 2 nitrogen and oxygen atoms in total. The van der Waals surface area contributed by atoms with Crippen molar-refractivity contribution in [3.05, 3.63) is 0 Å². The second-order valence-corrected chi connectivity index (χ2v) is 6.72. The molecular formula is C8H19O2P. The van der Waals surface area contributed by atoms with Crippen molar-refractivity contribution in [3.8, 4) is 0 Å². The topological polar surface area (TPSA) is 29.5 Å². The molecule has 0 heterocycles. The van der Waals surface area contributed by atoms with Crippen LogP contribution in [0.15, 0.2) is 0 Å². The Morgan fingerprint density at radius 3 is 1.45 bits per heavy atom. The molecule has 0 radical (unpaired) electrons. The Balaban J connectivity index is 3.99. The molecule has 0 aliphatic carbocycles. The van der Waals surface area contributed by atoms with E-state index in [-0.39, 0.29) is 10.8 Å². The number of hydrogen-bond acceptors (Lipinski definition) is 2. The first-order valence-corrected chi connectivity index (χ1v) is 5.02. The van der Waals surface area contributed by atoms with Gasteiger partial charge in [-0.3, -0.25) is 0 Å². The molecule has 11 heavy (non-hydrogen) atoms. The largest absolute Gasteiger partial charge is 0.350 e. The van der Waals surface area contributed by atoms with Crippen LogP contribution in [0.25, 0.3) is 0 Å². The molecule has 68 valence electrons. The Kier molecular flexibility index (Phi) is 3.49. The van der Waals surface area contributed by atoms with Crippen molar-refractivity contribution in [2.45, 2.75) is 52.3 Å². The predicted molar refractivity (Wildman–Crippen MR) is 49.7 cm³/mol. The summed E-state index contributed by atoms with van der Waals surface area (Å²) in [6, 6.07) is 0. The van der Waals surface area contributed by atoms with Gasteiger partial charge in [-0.1, -0.05) is 20.8 Å². The summed E-state index contributed by atoms with van der Waals surface area (Å²) in [6.07, 6.45) is 0. The standard InChI is InChI=1S/C8H19O2P/c1-7(2,3)10-11(9)8(4,5)6/h9H,1-6H3. The maximum atomic E-state index is 9.56. The quantitative estimate of drug-likeness (QED) is 0.625. The summed E-state index contributed by atoms with van der Waals surface area (Å²) in [6.45, 7) is 11.8. The van der Waals surface area contributed by atoms with E-state index in [0.29, 0.717) is 0 Å². The van der Waals surface area contributed by atoms with Crippen LogP contribution in [0.1, 0.15) is 41.5 Å². The van der Waals surface area contributed by atoms with E-state index < -0.39 is 8.38 Å². The van der Waals surface area contributed by atoms with E-state index in [1.54, 1.807) is 0 Å². The van der Waals surface area contributed by atoms with E-state index in [1.807, 2.05) is 41.5 Å². The molecule has 0 aromatic rings. The zero-order chi connectivity index (χ0) is 9.28. The monoisotopic (exact) mass is 178 g/mol. The van der Waals surface area contributed by atoms with Crippen molar-refractivity contribution in [1.82, 2.24) is 0 Å². The van der Waals surface area contributed by atoms with Crippen LogP contribution in [0.4, 0.5) is 0 Å². The molecular weight excluding hydrogens is 159 g/mol. The molecule has 0 aromatic heterocycles. The second-order valence-electron chi connectivity index (χ2n) is 4.65. The lowest BCUT2D eigenvalue weighted by Gasteiger charge is -2.30. The molecule has 0 amide bonds. The molecule has 0 fully saturated rings. The highest BCUT2D eigenvalue weighted by Gasteiger charge is 2.28. The Labute approximate surface area is 70.9 Å². The van der Waals surface area contributed by atoms with E-state index in [4.69, 9.17) is 4.52 Å². The molecule has 0 rings (SSSR count). The van der Waals surface area contributed by atoms with Crippen LogP contribution in [0.2, 0.25) is 0 Å². The van der Waals surface area contributed by atoms with Crippen LogP contribution >= 0.6 is 8.38 Å². The fourth-order valence-corrected chi connectivity index (χ4v) is 1.19. The van der Waals surface area contributed by atoms with E-state index >= 15 is 0 Å². The molecule has 0 aliphatic rings. The number of hydrogen-bond donors (Lipinski definition) is 1. The summed E-state index contributed by atoms with van der Waals surface area (Å²) < 4.78 is 5.42. The molecule has 1 atom stereocenters. The maximum Gasteiger partial charge on any atom is 0.174 e. The molecule has 0 aliphatic heterocycles. The molecule has 1 N–H and O–H groups in total. The zero-order valence-electron chi connectivity index (χ0n) is 8.30. The first kappa shape index (κ1) is 11.4. The molecule has 0 saturated carbocycles. The highest BCUT2D eigenvalue weighted by Crippen LogP contribution is 2.49. The van der Waals surface area contributed by atoms with Gasteiger partial charge in [-0.25, -0.2) is 0 Å². The lowest BCUT2D eigenvalue weighted by molar-refractivity contribution is 0.126. The van der Waals surface area contributed by atoms with Crippen LogP contribution in [0.5, 0.6) is 0 Å². The van der Waals surface area contributed by atoms with E-state index in [9.17, 15) is 4.89 Å². The van der Waals surface area contributed by atoms with Crippen LogP contribution in [-0.4, -0.2) is 15.7 Å². The van der Waals surface area contributed by atoms with Crippen molar-refractivity contribution in [2.24, 2.45) is 0 Å². The highest BCUT2D eigenvalue weighted by molar-refractivity contribution is 7.48. The SMILES string of the molecule is CC(C)(C)OP(O)C(C)(C)C. The van der Waals surface area contributed by atoms with Gasteiger partial charge < -0.3 is 9.42 Å². The summed E-state index contributed by atoms with van der Waals surface area (Å²) in [5.74, 6) is 0. The fourth-order valence-electron chi connectivity index (χ4n) is 0.396. The average Bonchev–Trinajstić information content (AvgIpc) is 1.56. The molecule has 0 saturated heterocycles. The Bertz CT molecular complexity index is 121. The Morgan fingerprint density at radius 1 is 1.00 bits per heavy atom. The fraction of sp³-hybridized carbons (Fsp3) is 1.00. The van der Waals surface area contributed by atoms with Gasteiger partial charge in [0.1, 0.15) is 0 Å². The Hall–Kier alpha value is 0.350. The van der Waals surface area contributed by atoms with Crippen LogP contribution < -0.4 is 0 Å². The highest BCUT2D eigenvalue weighted by atomic mass is 31.2. The van der Waals surface area contributed by atoms with Crippen LogP contribution in [0.3, 0.4) is 0 Å². The second kappa shape index (κ2) is 3.38. The molecule has 0 bridgehead atoms. The smallest absolute Gasteiger partial charge is 0.174 e. The molecule has 0 aromatic carbocycles. The van der Waals surface area contributed by atoms with Gasteiger partial charge in [-0.2, -0.15) is 0 Å². The van der Waals surface area contributed by atoms with Gasteiger partial charge in [0, 0.05) is 5.16 Å². The van der Waals surface area contributed by atoms with Gasteiger partial charge >= 0.3 is 0 Å². The van der Waals surface area contributed by atoms with Gasteiger partial charge in [0.05, 0.1) is 5.60 Å². The summed E-state index contributed by atoms with van der Waals surface area (Å²) in [5.41, 5.74) is -0.242. The van der Waals surface area contributed by atoms with Gasteiger partial charge in [0.15, 0.2) is 8.38 Å². The molecule has 0 spiro atoms. The van der Waals surface area contributed by atoms with E-state index in [1.165, 1.54) is 0 Å². The van der Waals surface area contributed by atoms with Crippen molar-refractivity contribution in [3.63, 3.8) is 0 Å². The van der Waals surface area contributed by atoms with Crippen LogP contribution in [-0.2, 0) is 4.52 Å². The maximum absolute atomic E-state index is 9.56. The van der Waals surface area contributed by atoms with Crippen molar-refractivity contribution in [1.29, 1.82) is 0 Å². The van der Waals surface area contributed by atoms with E-state index in [0.717, 1.165) is 0 Å². The number of rotatable bonds is 1. The van der Waals surface area contributed by atoms with Crippen molar-refractivity contribution >= 4 is 8.38 Å². The van der Waals surface area contributed by atoms with Crippen molar-refractivity contribution < 1.29 is 9.42 Å². The third kappa shape index (κ3) is 5.60. The van der Waals surface area contributed by atoms with E-state index in [2.05, 4.69) is 0 Å². The third-order valence-electron chi connectivity index (χ3n) is 0.934. The molecule has 1 unspecified atom stereocenters. The van der Waals surface area contributed by atoms with Crippen molar-refractivity contribution in [2.75, 3.05) is 0 Å². The first-order valence-electron chi connectivity index (χ1n) is 3.81. The zero-order valence-corrected chi connectivity index (χ0v) is 9.20.